The summed E-state index contributed by atoms with van der Waals surface area (Å²) in [6.07, 6.45) is 7.62. The lowest BCUT2D eigenvalue weighted by molar-refractivity contribution is 0.250. The van der Waals surface area contributed by atoms with Crippen LogP contribution in [0.4, 0.5) is 5.13 Å². The monoisotopic (exact) mass is 237 g/mol. The van der Waals surface area contributed by atoms with Crippen molar-refractivity contribution >= 4 is 16.7 Å². The fourth-order valence-electron chi connectivity index (χ4n) is 1.98. The van der Waals surface area contributed by atoms with E-state index in [9.17, 15) is 0 Å². The van der Waals surface area contributed by atoms with Gasteiger partial charge < -0.3 is 10.4 Å². The van der Waals surface area contributed by atoms with Gasteiger partial charge in [-0.15, -0.1) is 0 Å². The molecule has 2 atom stereocenters. The number of rotatable bonds is 4. The van der Waals surface area contributed by atoms with Crippen LogP contribution in [0.1, 0.15) is 31.0 Å². The Labute approximate surface area is 98.6 Å². The van der Waals surface area contributed by atoms with Gasteiger partial charge in [-0.2, -0.15) is 4.37 Å². The smallest absolute Gasteiger partial charge is 0.203 e. The van der Waals surface area contributed by atoms with E-state index >= 15 is 0 Å². The molecule has 0 radical (unpaired) electrons. The van der Waals surface area contributed by atoms with Crippen molar-refractivity contribution in [1.82, 2.24) is 9.36 Å². The first-order chi connectivity index (χ1) is 7.85. The van der Waals surface area contributed by atoms with Gasteiger partial charge in [0, 0.05) is 36.0 Å². The summed E-state index contributed by atoms with van der Waals surface area (Å²) >= 11 is 1.44. The largest absolute Gasteiger partial charge is 0.396 e. The maximum atomic E-state index is 9.03. The summed E-state index contributed by atoms with van der Waals surface area (Å²) < 4.78 is 4.35. The molecule has 3 rings (SSSR count). The molecule has 2 aliphatic carbocycles. The molecule has 16 heavy (non-hydrogen) atoms. The number of aliphatic hydroxyl groups excluding tert-OH is 1. The Hall–Kier alpha value is -0.940. The van der Waals surface area contributed by atoms with E-state index in [1.165, 1.54) is 24.4 Å². The molecule has 0 spiro atoms. The predicted octanol–water partition coefficient (Wildman–Crippen LogP) is 1.76. The van der Waals surface area contributed by atoms with Gasteiger partial charge >= 0.3 is 0 Å². The molecule has 5 heteroatoms. The Morgan fingerprint density at radius 3 is 3.00 bits per heavy atom. The van der Waals surface area contributed by atoms with Gasteiger partial charge in [0.1, 0.15) is 5.82 Å². The molecule has 1 aromatic rings. The van der Waals surface area contributed by atoms with Crippen LogP contribution in [0, 0.1) is 5.92 Å². The highest BCUT2D eigenvalue weighted by Gasteiger charge is 2.28. The van der Waals surface area contributed by atoms with Gasteiger partial charge in [0.15, 0.2) is 0 Å². The second kappa shape index (κ2) is 4.14. The van der Waals surface area contributed by atoms with Crippen molar-refractivity contribution in [2.24, 2.45) is 5.92 Å². The van der Waals surface area contributed by atoms with Gasteiger partial charge in [0.25, 0.3) is 0 Å². The lowest BCUT2D eigenvalue weighted by Gasteiger charge is -2.10. The van der Waals surface area contributed by atoms with Crippen molar-refractivity contribution < 1.29 is 5.11 Å². The highest BCUT2D eigenvalue weighted by atomic mass is 32.1. The molecule has 1 fully saturated rings. The molecule has 1 heterocycles. The van der Waals surface area contributed by atoms with Crippen LogP contribution in [0.25, 0.3) is 0 Å². The fraction of sp³-hybridized carbons (Fsp3) is 0.636. The zero-order valence-electron chi connectivity index (χ0n) is 8.97. The van der Waals surface area contributed by atoms with Crippen LogP contribution in [0.2, 0.25) is 0 Å². The normalized spacial score (nSPS) is 28.6. The second-order valence-electron chi connectivity index (χ2n) is 4.55. The number of hydrogen-bond donors (Lipinski definition) is 2. The Bertz CT molecular complexity index is 400. The van der Waals surface area contributed by atoms with Crippen molar-refractivity contribution in [2.75, 3.05) is 11.9 Å². The van der Waals surface area contributed by atoms with Crippen molar-refractivity contribution in [1.29, 1.82) is 0 Å². The third-order valence-corrected chi connectivity index (χ3v) is 3.76. The number of aliphatic hydroxyl groups is 1. The van der Waals surface area contributed by atoms with Crippen molar-refractivity contribution in [3.05, 3.63) is 18.0 Å². The minimum absolute atomic E-state index is 0.234. The Morgan fingerprint density at radius 2 is 2.31 bits per heavy atom. The Balaban J connectivity index is 1.59. The number of nitrogens with one attached hydrogen (secondary N) is 1. The average molecular weight is 237 g/mol. The third-order valence-electron chi connectivity index (χ3n) is 3.10. The van der Waals surface area contributed by atoms with Crippen LogP contribution in [0.3, 0.4) is 0 Å². The molecule has 0 saturated heterocycles. The summed E-state index contributed by atoms with van der Waals surface area (Å²) in [6.45, 7) is 0.234. The minimum Gasteiger partial charge on any atom is -0.396 e. The summed E-state index contributed by atoms with van der Waals surface area (Å²) in [4.78, 5) is 4.49. The number of hydrogen-bond acceptors (Lipinski definition) is 5. The van der Waals surface area contributed by atoms with Gasteiger partial charge in [0.2, 0.25) is 5.13 Å². The molecule has 86 valence electrons. The third kappa shape index (κ3) is 2.10. The fourth-order valence-corrected chi connectivity index (χ4v) is 2.68. The van der Waals surface area contributed by atoms with Crippen molar-refractivity contribution in [3.8, 4) is 0 Å². The van der Waals surface area contributed by atoms with Gasteiger partial charge in [0.05, 0.1) is 0 Å². The number of aromatic nitrogens is 2. The predicted molar refractivity (Wildman–Crippen MR) is 63.6 cm³/mol. The molecule has 1 saturated carbocycles. The number of anilines is 1. The van der Waals surface area contributed by atoms with Crippen molar-refractivity contribution in [2.45, 2.75) is 31.2 Å². The van der Waals surface area contributed by atoms with Gasteiger partial charge in [-0.3, -0.25) is 0 Å². The van der Waals surface area contributed by atoms with Crippen LogP contribution < -0.4 is 5.32 Å². The molecular weight excluding hydrogens is 222 g/mol. The van der Waals surface area contributed by atoms with E-state index in [0.29, 0.717) is 17.9 Å². The first-order valence-electron chi connectivity index (χ1n) is 5.74. The van der Waals surface area contributed by atoms with Gasteiger partial charge in [-0.25, -0.2) is 4.98 Å². The topological polar surface area (TPSA) is 58.0 Å². The molecule has 0 aromatic carbocycles. The quantitative estimate of drug-likeness (QED) is 0.783. The SMILES string of the molecule is OC[C@H]1C=C[C@@H](Nc2nc(C3CC3)ns2)C1. The lowest BCUT2D eigenvalue weighted by Crippen LogP contribution is -2.16. The average Bonchev–Trinajstić information content (AvgIpc) is 2.88. The van der Waals surface area contributed by atoms with E-state index in [2.05, 4.69) is 26.8 Å². The maximum Gasteiger partial charge on any atom is 0.203 e. The molecular formula is C11H15N3OS. The lowest BCUT2D eigenvalue weighted by atomic mass is 10.1. The van der Waals surface area contributed by atoms with Gasteiger partial charge in [-0.05, 0) is 19.3 Å². The van der Waals surface area contributed by atoms with E-state index in [4.69, 9.17) is 5.11 Å². The van der Waals surface area contributed by atoms with Crippen LogP contribution in [0.5, 0.6) is 0 Å². The Morgan fingerprint density at radius 1 is 1.44 bits per heavy atom. The van der Waals surface area contributed by atoms with Crippen LogP contribution in [-0.4, -0.2) is 27.1 Å². The standard InChI is InChI=1S/C11H15N3OS/c15-6-7-1-4-9(5-7)12-11-13-10(14-16-11)8-2-3-8/h1,4,7-9,15H,2-3,5-6H2,(H,12,13,14)/t7-,9+/m0/s1. The molecule has 0 aliphatic heterocycles. The summed E-state index contributed by atoms with van der Waals surface area (Å²) in [5.74, 6) is 1.93. The highest BCUT2D eigenvalue weighted by Crippen LogP contribution is 2.39. The molecule has 2 aliphatic rings. The zero-order chi connectivity index (χ0) is 11.0. The first-order valence-corrected chi connectivity index (χ1v) is 6.52. The molecule has 2 N–H and O–H groups in total. The molecule has 1 aromatic heterocycles. The summed E-state index contributed by atoms with van der Waals surface area (Å²) in [6, 6.07) is 0.303. The zero-order valence-corrected chi connectivity index (χ0v) is 9.78. The van der Waals surface area contributed by atoms with E-state index in [1.54, 1.807) is 0 Å². The van der Waals surface area contributed by atoms with E-state index in [1.807, 2.05) is 0 Å². The van der Waals surface area contributed by atoms with E-state index in [0.717, 1.165) is 17.4 Å². The van der Waals surface area contributed by atoms with E-state index < -0.39 is 0 Å². The number of nitrogens with zero attached hydrogens (tertiary/aromatic N) is 2. The van der Waals surface area contributed by atoms with Crippen LogP contribution in [0.15, 0.2) is 12.2 Å². The minimum atomic E-state index is 0.234. The maximum absolute atomic E-state index is 9.03. The van der Waals surface area contributed by atoms with Crippen molar-refractivity contribution in [3.63, 3.8) is 0 Å². The van der Waals surface area contributed by atoms with E-state index in [-0.39, 0.29) is 6.61 Å². The molecule has 0 amide bonds. The highest BCUT2D eigenvalue weighted by molar-refractivity contribution is 7.09. The summed E-state index contributed by atoms with van der Waals surface area (Å²) in [7, 11) is 0. The summed E-state index contributed by atoms with van der Waals surface area (Å²) in [5.41, 5.74) is 0. The van der Waals surface area contributed by atoms with Crippen LogP contribution in [-0.2, 0) is 0 Å². The first kappa shape index (κ1) is 10.2. The van der Waals surface area contributed by atoms with Gasteiger partial charge in [-0.1, -0.05) is 12.2 Å². The summed E-state index contributed by atoms with van der Waals surface area (Å²) in [5, 5.41) is 13.3. The molecule has 0 bridgehead atoms. The molecule has 0 unspecified atom stereocenters. The second-order valence-corrected chi connectivity index (χ2v) is 5.30. The van der Waals surface area contributed by atoms with Crippen LogP contribution >= 0.6 is 11.5 Å². The molecule has 4 nitrogen and oxygen atoms in total. The Kier molecular flexibility index (Phi) is 2.65.